The molecule has 3 rings (SSSR count). The standard InChI is InChI=1S/C17H29N3O3/c21-16-12-14(13-20(16)15-4-1-2-5-15)17(22)18-6-3-7-19-8-10-23-11-9-19/h14-15H,1-13H2,(H,18,22)/p+1. The largest absolute Gasteiger partial charge is 0.370 e. The lowest BCUT2D eigenvalue weighted by Crippen LogP contribution is -3.14. The van der Waals surface area contributed by atoms with Gasteiger partial charge in [-0.25, -0.2) is 0 Å². The van der Waals surface area contributed by atoms with Crippen molar-refractivity contribution in [2.75, 3.05) is 45.9 Å². The molecule has 0 spiro atoms. The van der Waals surface area contributed by atoms with Crippen LogP contribution in [0.2, 0.25) is 0 Å². The summed E-state index contributed by atoms with van der Waals surface area (Å²) >= 11 is 0. The van der Waals surface area contributed by atoms with Crippen LogP contribution >= 0.6 is 0 Å². The molecule has 130 valence electrons. The monoisotopic (exact) mass is 324 g/mol. The Kier molecular flexibility index (Phi) is 5.89. The Hall–Kier alpha value is -1.14. The predicted molar refractivity (Wildman–Crippen MR) is 86.1 cm³/mol. The maximum Gasteiger partial charge on any atom is 0.225 e. The Bertz CT molecular complexity index is 417. The van der Waals surface area contributed by atoms with E-state index in [0.717, 1.165) is 58.7 Å². The second kappa shape index (κ2) is 8.11. The van der Waals surface area contributed by atoms with E-state index in [0.29, 0.717) is 19.0 Å². The molecule has 0 radical (unpaired) electrons. The predicted octanol–water partition coefficient (Wildman–Crippen LogP) is -0.801. The Morgan fingerprint density at radius 2 is 2.00 bits per heavy atom. The van der Waals surface area contributed by atoms with Gasteiger partial charge in [0.15, 0.2) is 0 Å². The molecule has 2 N–H and O–H groups in total. The first-order valence-corrected chi connectivity index (χ1v) is 9.22. The smallest absolute Gasteiger partial charge is 0.225 e. The molecule has 3 fully saturated rings. The maximum absolute atomic E-state index is 12.3. The Morgan fingerprint density at radius 3 is 2.74 bits per heavy atom. The van der Waals surface area contributed by atoms with Gasteiger partial charge in [-0.1, -0.05) is 12.8 Å². The van der Waals surface area contributed by atoms with E-state index in [1.807, 2.05) is 4.90 Å². The second-order valence-electron chi connectivity index (χ2n) is 7.14. The lowest BCUT2D eigenvalue weighted by Gasteiger charge is -2.24. The van der Waals surface area contributed by atoms with Crippen molar-refractivity contribution in [3.63, 3.8) is 0 Å². The second-order valence-corrected chi connectivity index (χ2v) is 7.14. The van der Waals surface area contributed by atoms with Crippen molar-refractivity contribution in [1.82, 2.24) is 10.2 Å². The molecule has 2 aliphatic heterocycles. The fourth-order valence-electron chi connectivity index (χ4n) is 4.08. The van der Waals surface area contributed by atoms with Gasteiger partial charge < -0.3 is 19.9 Å². The summed E-state index contributed by atoms with van der Waals surface area (Å²) in [6, 6.07) is 0.394. The Balaban J connectivity index is 1.34. The highest BCUT2D eigenvalue weighted by Gasteiger charge is 2.38. The third-order valence-electron chi connectivity index (χ3n) is 5.50. The van der Waals surface area contributed by atoms with E-state index in [-0.39, 0.29) is 17.7 Å². The number of nitrogens with zero attached hydrogens (tertiary/aromatic N) is 1. The van der Waals surface area contributed by atoms with Crippen LogP contribution in [0.25, 0.3) is 0 Å². The van der Waals surface area contributed by atoms with Gasteiger partial charge in [-0.2, -0.15) is 0 Å². The molecule has 1 atom stereocenters. The topological polar surface area (TPSA) is 63.1 Å². The maximum atomic E-state index is 12.3. The number of carbonyl (C=O) groups is 2. The number of nitrogens with one attached hydrogen (secondary N) is 2. The lowest BCUT2D eigenvalue weighted by molar-refractivity contribution is -0.908. The van der Waals surface area contributed by atoms with Crippen molar-refractivity contribution in [3.05, 3.63) is 0 Å². The average Bonchev–Trinajstić information content (AvgIpc) is 3.21. The van der Waals surface area contributed by atoms with E-state index in [2.05, 4.69) is 5.32 Å². The minimum atomic E-state index is -0.140. The summed E-state index contributed by atoms with van der Waals surface area (Å²) in [7, 11) is 0. The van der Waals surface area contributed by atoms with Gasteiger partial charge in [-0.3, -0.25) is 9.59 Å². The van der Waals surface area contributed by atoms with Crippen LogP contribution in [0.15, 0.2) is 0 Å². The summed E-state index contributed by atoms with van der Waals surface area (Å²) in [6.07, 6.45) is 6.06. The van der Waals surface area contributed by atoms with E-state index in [4.69, 9.17) is 4.74 Å². The molecular formula is C17H30N3O3+. The van der Waals surface area contributed by atoms with Gasteiger partial charge in [-0.05, 0) is 12.8 Å². The van der Waals surface area contributed by atoms with E-state index >= 15 is 0 Å². The Labute approximate surface area is 138 Å². The lowest BCUT2D eigenvalue weighted by atomic mass is 10.1. The molecule has 0 aromatic carbocycles. The zero-order valence-corrected chi connectivity index (χ0v) is 14.0. The van der Waals surface area contributed by atoms with Gasteiger partial charge in [0.2, 0.25) is 11.8 Å². The summed E-state index contributed by atoms with van der Waals surface area (Å²) in [6.45, 7) is 6.28. The van der Waals surface area contributed by atoms with Gasteiger partial charge in [0, 0.05) is 32.0 Å². The first kappa shape index (κ1) is 16.7. The molecule has 0 aromatic heterocycles. The van der Waals surface area contributed by atoms with Crippen molar-refractivity contribution >= 4 is 11.8 Å². The summed E-state index contributed by atoms with van der Waals surface area (Å²) in [5.41, 5.74) is 0. The molecule has 0 aromatic rings. The van der Waals surface area contributed by atoms with Crippen molar-refractivity contribution in [2.45, 2.75) is 44.6 Å². The van der Waals surface area contributed by atoms with Crippen LogP contribution < -0.4 is 10.2 Å². The van der Waals surface area contributed by atoms with Crippen LogP contribution in [0.5, 0.6) is 0 Å². The normalized spacial score (nSPS) is 26.9. The summed E-state index contributed by atoms with van der Waals surface area (Å²) in [5, 5.41) is 3.03. The number of likely N-dealkylation sites (tertiary alicyclic amines) is 1. The van der Waals surface area contributed by atoms with Crippen molar-refractivity contribution in [3.8, 4) is 0 Å². The highest BCUT2D eigenvalue weighted by Crippen LogP contribution is 2.29. The molecule has 2 heterocycles. The molecule has 2 amide bonds. The van der Waals surface area contributed by atoms with Gasteiger partial charge in [-0.15, -0.1) is 0 Å². The number of amides is 2. The van der Waals surface area contributed by atoms with Crippen molar-refractivity contribution < 1.29 is 19.2 Å². The first-order valence-electron chi connectivity index (χ1n) is 9.22. The van der Waals surface area contributed by atoms with Crippen LogP contribution in [0.1, 0.15) is 38.5 Å². The summed E-state index contributed by atoms with van der Waals surface area (Å²) < 4.78 is 5.35. The van der Waals surface area contributed by atoms with Crippen LogP contribution in [-0.2, 0) is 14.3 Å². The van der Waals surface area contributed by atoms with Crippen LogP contribution in [0.4, 0.5) is 0 Å². The number of hydrogen-bond donors (Lipinski definition) is 2. The quantitative estimate of drug-likeness (QED) is 0.629. The zero-order chi connectivity index (χ0) is 16.1. The number of morpholine rings is 1. The van der Waals surface area contributed by atoms with Gasteiger partial charge in [0.05, 0.1) is 25.7 Å². The van der Waals surface area contributed by atoms with E-state index < -0.39 is 0 Å². The summed E-state index contributed by atoms with van der Waals surface area (Å²) in [5.74, 6) is 0.101. The number of ether oxygens (including phenoxy) is 1. The molecule has 1 aliphatic carbocycles. The molecule has 6 nitrogen and oxygen atoms in total. The third-order valence-corrected chi connectivity index (χ3v) is 5.50. The highest BCUT2D eigenvalue weighted by atomic mass is 16.5. The highest BCUT2D eigenvalue weighted by molar-refractivity contribution is 5.89. The molecule has 2 saturated heterocycles. The molecule has 6 heteroatoms. The van der Waals surface area contributed by atoms with Crippen LogP contribution in [0.3, 0.4) is 0 Å². The zero-order valence-electron chi connectivity index (χ0n) is 14.0. The van der Waals surface area contributed by atoms with Crippen LogP contribution in [0, 0.1) is 5.92 Å². The number of hydrogen-bond acceptors (Lipinski definition) is 3. The molecule has 0 bridgehead atoms. The SMILES string of the molecule is O=C(NCCC[NH+]1CCOCC1)C1CC(=O)N(C2CCCC2)C1. The minimum Gasteiger partial charge on any atom is -0.370 e. The molecule has 1 saturated carbocycles. The minimum absolute atomic E-state index is 0.0656. The van der Waals surface area contributed by atoms with E-state index in [1.165, 1.54) is 12.8 Å². The average molecular weight is 324 g/mol. The number of quaternary nitrogens is 1. The van der Waals surface area contributed by atoms with Gasteiger partial charge in [0.25, 0.3) is 0 Å². The van der Waals surface area contributed by atoms with E-state index in [9.17, 15) is 9.59 Å². The summed E-state index contributed by atoms with van der Waals surface area (Å²) in [4.78, 5) is 28.0. The molecular weight excluding hydrogens is 294 g/mol. The molecule has 1 unspecified atom stereocenters. The molecule has 3 aliphatic rings. The Morgan fingerprint density at radius 1 is 1.26 bits per heavy atom. The fourth-order valence-corrected chi connectivity index (χ4v) is 4.08. The van der Waals surface area contributed by atoms with Gasteiger partial charge in [0.1, 0.15) is 13.1 Å². The van der Waals surface area contributed by atoms with Crippen LogP contribution in [-0.4, -0.2) is 68.7 Å². The first-order chi connectivity index (χ1) is 11.2. The van der Waals surface area contributed by atoms with Crippen molar-refractivity contribution in [1.29, 1.82) is 0 Å². The van der Waals surface area contributed by atoms with Crippen molar-refractivity contribution in [2.24, 2.45) is 5.92 Å². The third kappa shape index (κ3) is 4.44. The van der Waals surface area contributed by atoms with Gasteiger partial charge >= 0.3 is 0 Å². The number of rotatable bonds is 6. The van der Waals surface area contributed by atoms with E-state index in [1.54, 1.807) is 4.90 Å². The fraction of sp³-hybridized carbons (Fsp3) is 0.882. The molecule has 23 heavy (non-hydrogen) atoms. The number of carbonyl (C=O) groups excluding carboxylic acids is 2.